The number of rotatable bonds is 7. The number of anilines is 3. The van der Waals surface area contributed by atoms with Crippen molar-refractivity contribution in [3.63, 3.8) is 0 Å². The van der Waals surface area contributed by atoms with Gasteiger partial charge >= 0.3 is 0 Å². The highest BCUT2D eigenvalue weighted by atomic mass is 32.1. The number of benzene rings is 11. The van der Waals surface area contributed by atoms with E-state index in [4.69, 9.17) is 0 Å². The Morgan fingerprint density at radius 1 is 0.338 bits per heavy atom. The van der Waals surface area contributed by atoms with E-state index in [2.05, 4.69) is 252 Å². The van der Waals surface area contributed by atoms with Crippen molar-refractivity contribution in [3.05, 3.63) is 243 Å². The van der Waals surface area contributed by atoms with Crippen LogP contribution in [0.5, 0.6) is 0 Å². The number of nitrogens with zero attached hydrogens (tertiary/aromatic N) is 2. The second kappa shape index (κ2) is 15.2. The predicted octanol–water partition coefficient (Wildman–Crippen LogP) is 17.9. The van der Waals surface area contributed by atoms with Gasteiger partial charge in [0.25, 0.3) is 0 Å². The monoisotopic (exact) mass is 844 g/mol. The van der Waals surface area contributed by atoms with Crippen LogP contribution in [0.2, 0.25) is 0 Å². The minimum atomic E-state index is 1.10. The fourth-order valence-electron chi connectivity index (χ4n) is 10.1. The van der Waals surface area contributed by atoms with Crippen molar-refractivity contribution < 1.29 is 0 Å². The van der Waals surface area contributed by atoms with Crippen LogP contribution in [0.3, 0.4) is 0 Å². The Morgan fingerprint density at radius 3 is 1.60 bits per heavy atom. The normalized spacial score (nSPS) is 11.7. The average Bonchev–Trinajstić information content (AvgIpc) is 3.94. The molecule has 2 aromatic heterocycles. The Morgan fingerprint density at radius 2 is 0.877 bits per heavy atom. The zero-order valence-corrected chi connectivity index (χ0v) is 36.2. The molecule has 13 aromatic rings. The fraction of sp³-hybridized carbons (Fsp3) is 0. The number of fused-ring (bicyclic) bond motifs is 9. The lowest BCUT2D eigenvalue weighted by atomic mass is 9.96. The van der Waals surface area contributed by atoms with E-state index in [-0.39, 0.29) is 0 Å². The minimum absolute atomic E-state index is 1.10. The molecule has 0 aliphatic heterocycles. The van der Waals surface area contributed by atoms with Gasteiger partial charge in [-0.1, -0.05) is 176 Å². The van der Waals surface area contributed by atoms with Gasteiger partial charge in [0.2, 0.25) is 0 Å². The maximum atomic E-state index is 2.48. The van der Waals surface area contributed by atoms with Crippen LogP contribution in [-0.2, 0) is 0 Å². The Labute approximate surface area is 381 Å². The van der Waals surface area contributed by atoms with Crippen LogP contribution in [0.25, 0.3) is 103 Å². The SMILES string of the molecule is c1ccc(-c2cccc(N(c3cccc(-c4ccc5ccc6ccccc6c5c4)c3)c3ccc(-c4ccc(-n5c6ccccc6c6ccccc65)cc4)c4sc5ccccc5c34)c2)cc1. The summed E-state index contributed by atoms with van der Waals surface area (Å²) < 4.78 is 4.94. The molecule has 11 aromatic carbocycles. The fourth-order valence-corrected chi connectivity index (χ4v) is 11.4. The van der Waals surface area contributed by atoms with Crippen LogP contribution < -0.4 is 4.90 Å². The van der Waals surface area contributed by atoms with Crippen molar-refractivity contribution in [2.24, 2.45) is 0 Å². The van der Waals surface area contributed by atoms with Crippen molar-refractivity contribution in [2.75, 3.05) is 4.90 Å². The molecule has 0 saturated carbocycles. The average molecular weight is 845 g/mol. The summed E-state index contributed by atoms with van der Waals surface area (Å²) in [5, 5.41) is 10.1. The second-order valence-corrected chi connectivity index (χ2v) is 17.9. The number of thiophene rings is 1. The van der Waals surface area contributed by atoms with Gasteiger partial charge in [0.05, 0.1) is 16.7 Å². The van der Waals surface area contributed by atoms with Crippen molar-refractivity contribution in [2.45, 2.75) is 0 Å². The summed E-state index contributed by atoms with van der Waals surface area (Å²) in [7, 11) is 0. The Kier molecular flexibility index (Phi) is 8.75. The first-order chi connectivity index (χ1) is 32.2. The van der Waals surface area contributed by atoms with Crippen LogP contribution in [-0.4, -0.2) is 4.57 Å². The van der Waals surface area contributed by atoms with Gasteiger partial charge in [0.15, 0.2) is 0 Å². The predicted molar refractivity (Wildman–Crippen MR) is 280 cm³/mol. The minimum Gasteiger partial charge on any atom is -0.310 e. The van der Waals surface area contributed by atoms with E-state index >= 15 is 0 Å². The van der Waals surface area contributed by atoms with E-state index in [0.29, 0.717) is 0 Å². The maximum Gasteiger partial charge on any atom is 0.0555 e. The van der Waals surface area contributed by atoms with Gasteiger partial charge in [-0.25, -0.2) is 0 Å². The molecular weight excluding hydrogens is 805 g/mol. The first-order valence-electron chi connectivity index (χ1n) is 22.2. The molecule has 0 N–H and O–H groups in total. The molecule has 65 heavy (non-hydrogen) atoms. The molecule has 2 nitrogen and oxygen atoms in total. The van der Waals surface area contributed by atoms with Crippen LogP contribution in [0, 0.1) is 0 Å². The lowest BCUT2D eigenvalue weighted by Crippen LogP contribution is -2.10. The molecule has 13 rings (SSSR count). The zero-order valence-electron chi connectivity index (χ0n) is 35.4. The molecule has 3 heteroatoms. The third-order valence-electron chi connectivity index (χ3n) is 13.2. The number of hydrogen-bond acceptors (Lipinski definition) is 2. The number of para-hydroxylation sites is 2. The van der Waals surface area contributed by atoms with Crippen LogP contribution in [0.4, 0.5) is 17.1 Å². The van der Waals surface area contributed by atoms with E-state index in [1.165, 1.54) is 96.9 Å². The van der Waals surface area contributed by atoms with Crippen LogP contribution in [0.1, 0.15) is 0 Å². The smallest absolute Gasteiger partial charge is 0.0555 e. The van der Waals surface area contributed by atoms with Gasteiger partial charge in [-0.15, -0.1) is 11.3 Å². The number of aromatic nitrogens is 1. The highest BCUT2D eigenvalue weighted by molar-refractivity contribution is 7.26. The first kappa shape index (κ1) is 37.3. The van der Waals surface area contributed by atoms with Gasteiger partial charge < -0.3 is 9.47 Å². The van der Waals surface area contributed by atoms with Crippen LogP contribution >= 0.6 is 11.3 Å². The Balaban J connectivity index is 0.994. The maximum absolute atomic E-state index is 2.48. The van der Waals surface area contributed by atoms with Gasteiger partial charge in [0.1, 0.15) is 0 Å². The van der Waals surface area contributed by atoms with E-state index in [1.807, 2.05) is 11.3 Å². The molecule has 0 atom stereocenters. The molecule has 0 aliphatic rings. The van der Waals surface area contributed by atoms with Crippen molar-refractivity contribution in [1.82, 2.24) is 4.57 Å². The summed E-state index contributed by atoms with van der Waals surface area (Å²) in [5.74, 6) is 0. The van der Waals surface area contributed by atoms with E-state index < -0.39 is 0 Å². The van der Waals surface area contributed by atoms with Crippen LogP contribution in [0.15, 0.2) is 243 Å². The topological polar surface area (TPSA) is 8.17 Å². The van der Waals surface area contributed by atoms with Gasteiger partial charge in [0, 0.05) is 48.0 Å². The van der Waals surface area contributed by atoms with E-state index in [9.17, 15) is 0 Å². The molecule has 0 saturated heterocycles. The van der Waals surface area contributed by atoms with Crippen molar-refractivity contribution in [1.29, 1.82) is 0 Å². The van der Waals surface area contributed by atoms with Crippen molar-refractivity contribution >= 4 is 91.9 Å². The Bertz CT molecular complexity index is 3900. The van der Waals surface area contributed by atoms with Gasteiger partial charge in [-0.05, 0) is 122 Å². The third kappa shape index (κ3) is 6.24. The quantitative estimate of drug-likeness (QED) is 0.145. The molecule has 0 unspecified atom stereocenters. The summed E-state index contributed by atoms with van der Waals surface area (Å²) in [6.45, 7) is 0. The molecule has 0 fully saturated rings. The molecule has 0 radical (unpaired) electrons. The van der Waals surface area contributed by atoms with Gasteiger partial charge in [-0.2, -0.15) is 0 Å². The highest BCUT2D eigenvalue weighted by Gasteiger charge is 2.22. The summed E-state index contributed by atoms with van der Waals surface area (Å²) in [4.78, 5) is 2.48. The van der Waals surface area contributed by atoms with E-state index in [1.54, 1.807) is 0 Å². The molecule has 0 bridgehead atoms. The molecule has 0 amide bonds. The largest absolute Gasteiger partial charge is 0.310 e. The van der Waals surface area contributed by atoms with Gasteiger partial charge in [-0.3, -0.25) is 0 Å². The van der Waals surface area contributed by atoms with E-state index in [0.717, 1.165) is 22.7 Å². The lowest BCUT2D eigenvalue weighted by molar-refractivity contribution is 1.18. The Hall–Kier alpha value is -8.24. The van der Waals surface area contributed by atoms with Crippen molar-refractivity contribution in [3.8, 4) is 39.1 Å². The molecule has 0 aliphatic carbocycles. The molecule has 304 valence electrons. The first-order valence-corrected chi connectivity index (χ1v) is 23.1. The molecule has 0 spiro atoms. The summed E-state index contributed by atoms with van der Waals surface area (Å²) in [6.07, 6.45) is 0. The lowest BCUT2D eigenvalue weighted by Gasteiger charge is -2.28. The molecule has 2 heterocycles. The highest BCUT2D eigenvalue weighted by Crippen LogP contribution is 2.49. The summed E-state index contributed by atoms with van der Waals surface area (Å²) in [5.41, 5.74) is 14.1. The standard InChI is InChI=1S/C62H40N2S/c1-2-14-41(15-3-1)45-17-12-19-49(38-45)63(50-20-13-18-46(39-50)47-31-30-44-29-28-42-16-4-5-21-51(42)56(44)40-47)59-37-36-52(62-61(59)55-24-8-11-27-60(55)65-62)43-32-34-48(35-33-43)64-57-25-9-6-22-53(57)54-23-7-10-26-58(54)64/h1-40H. The zero-order chi connectivity index (χ0) is 42.8. The third-order valence-corrected chi connectivity index (χ3v) is 14.4. The molecular formula is C62H40N2S. The summed E-state index contributed by atoms with van der Waals surface area (Å²) >= 11 is 1.88. The summed E-state index contributed by atoms with van der Waals surface area (Å²) in [6, 6.07) is 89.0. The second-order valence-electron chi connectivity index (χ2n) is 16.9. The number of hydrogen-bond donors (Lipinski definition) is 0.